The first kappa shape index (κ1) is 15.8. The van der Waals surface area contributed by atoms with Crippen LogP contribution in [0.4, 0.5) is 0 Å². The summed E-state index contributed by atoms with van der Waals surface area (Å²) in [5.74, 6) is 0.702. The van der Waals surface area contributed by atoms with Gasteiger partial charge in [-0.05, 0) is 52.6 Å². The molecule has 0 atom stereocenters. The molecule has 0 radical (unpaired) electrons. The summed E-state index contributed by atoms with van der Waals surface area (Å²) in [4.78, 5) is 14.8. The average Bonchev–Trinajstić information content (AvgIpc) is 2.83. The quantitative estimate of drug-likeness (QED) is 0.858. The topological polar surface area (TPSA) is 32.3 Å². The number of hydrogen-bond acceptors (Lipinski definition) is 2. The van der Waals surface area contributed by atoms with Gasteiger partial charge in [-0.15, -0.1) is 12.4 Å². The molecule has 1 N–H and O–H groups in total. The van der Waals surface area contributed by atoms with Gasteiger partial charge in [0.05, 0.1) is 0 Å². The number of amides is 1. The molecule has 1 saturated carbocycles. The average molecular weight is 275 g/mol. The van der Waals surface area contributed by atoms with Crippen molar-refractivity contribution in [3.8, 4) is 0 Å². The molecule has 0 unspecified atom stereocenters. The molecule has 4 heteroatoms. The standard InChI is InChI=1S/C14H26N2O.ClH/c1-11(2)16(13-5-3-4-6-13)14(17)12-7-9-15-10-8-12;/h11-13,15H,3-10H2,1-2H3;1H. The van der Waals surface area contributed by atoms with Crippen molar-refractivity contribution in [2.75, 3.05) is 13.1 Å². The highest BCUT2D eigenvalue weighted by atomic mass is 35.5. The molecule has 106 valence electrons. The number of nitrogens with zero attached hydrogens (tertiary/aromatic N) is 1. The van der Waals surface area contributed by atoms with Crippen LogP contribution in [0, 0.1) is 5.92 Å². The highest BCUT2D eigenvalue weighted by Crippen LogP contribution is 2.28. The summed E-state index contributed by atoms with van der Waals surface area (Å²) in [6, 6.07) is 0.887. The Hall–Kier alpha value is -0.280. The first-order valence-corrected chi connectivity index (χ1v) is 7.23. The lowest BCUT2D eigenvalue weighted by atomic mass is 9.95. The van der Waals surface area contributed by atoms with E-state index in [4.69, 9.17) is 0 Å². The first-order chi connectivity index (χ1) is 8.20. The Morgan fingerprint density at radius 3 is 2.17 bits per heavy atom. The maximum absolute atomic E-state index is 12.6. The summed E-state index contributed by atoms with van der Waals surface area (Å²) in [7, 11) is 0. The summed E-state index contributed by atoms with van der Waals surface area (Å²) in [5.41, 5.74) is 0. The molecular formula is C14H27ClN2O. The zero-order valence-electron chi connectivity index (χ0n) is 11.7. The first-order valence-electron chi connectivity index (χ1n) is 7.23. The van der Waals surface area contributed by atoms with Crippen LogP contribution >= 0.6 is 12.4 Å². The third kappa shape index (κ3) is 3.61. The van der Waals surface area contributed by atoms with E-state index in [2.05, 4.69) is 24.1 Å². The Morgan fingerprint density at radius 2 is 1.67 bits per heavy atom. The van der Waals surface area contributed by atoms with Crippen LogP contribution in [0.3, 0.4) is 0 Å². The largest absolute Gasteiger partial charge is 0.337 e. The fourth-order valence-electron chi connectivity index (χ4n) is 3.32. The Morgan fingerprint density at radius 1 is 1.11 bits per heavy atom. The van der Waals surface area contributed by atoms with Crippen LogP contribution in [0.5, 0.6) is 0 Å². The monoisotopic (exact) mass is 274 g/mol. The van der Waals surface area contributed by atoms with E-state index in [1.807, 2.05) is 0 Å². The van der Waals surface area contributed by atoms with Gasteiger partial charge in [0.15, 0.2) is 0 Å². The van der Waals surface area contributed by atoms with Crippen LogP contribution < -0.4 is 5.32 Å². The van der Waals surface area contributed by atoms with E-state index in [1.54, 1.807) is 0 Å². The van der Waals surface area contributed by atoms with Crippen molar-refractivity contribution in [3.63, 3.8) is 0 Å². The predicted molar refractivity (Wildman–Crippen MR) is 77.1 cm³/mol. The van der Waals surface area contributed by atoms with Crippen molar-refractivity contribution in [1.29, 1.82) is 0 Å². The minimum Gasteiger partial charge on any atom is -0.337 e. The van der Waals surface area contributed by atoms with Gasteiger partial charge < -0.3 is 10.2 Å². The lowest BCUT2D eigenvalue weighted by Crippen LogP contribution is -2.48. The van der Waals surface area contributed by atoms with Crippen molar-refractivity contribution < 1.29 is 4.79 Å². The van der Waals surface area contributed by atoms with Gasteiger partial charge in [0, 0.05) is 18.0 Å². The van der Waals surface area contributed by atoms with Gasteiger partial charge in [0.25, 0.3) is 0 Å². The molecule has 3 nitrogen and oxygen atoms in total. The molecule has 2 fully saturated rings. The Balaban J connectivity index is 0.00000162. The summed E-state index contributed by atoms with van der Waals surface area (Å²) in [6.45, 7) is 6.34. The normalized spacial score (nSPS) is 21.9. The van der Waals surface area contributed by atoms with Gasteiger partial charge >= 0.3 is 0 Å². The maximum Gasteiger partial charge on any atom is 0.226 e. The highest BCUT2D eigenvalue weighted by Gasteiger charge is 2.33. The molecule has 2 rings (SSSR count). The Labute approximate surface area is 117 Å². The molecule has 1 aliphatic heterocycles. The molecule has 0 spiro atoms. The number of piperidine rings is 1. The number of carbonyl (C=O) groups is 1. The summed E-state index contributed by atoms with van der Waals surface area (Å²) in [5, 5.41) is 3.34. The predicted octanol–water partition coefficient (Wildman–Crippen LogP) is 2.59. The fraction of sp³-hybridized carbons (Fsp3) is 0.929. The number of nitrogens with one attached hydrogen (secondary N) is 1. The maximum atomic E-state index is 12.6. The Bertz CT molecular complexity index is 259. The van der Waals surface area contributed by atoms with Crippen molar-refractivity contribution in [2.24, 2.45) is 5.92 Å². The van der Waals surface area contributed by atoms with Crippen LogP contribution in [0.2, 0.25) is 0 Å². The van der Waals surface area contributed by atoms with Crippen molar-refractivity contribution >= 4 is 18.3 Å². The molecule has 2 aliphatic rings. The van der Waals surface area contributed by atoms with Gasteiger partial charge in [0.2, 0.25) is 5.91 Å². The van der Waals surface area contributed by atoms with E-state index in [1.165, 1.54) is 25.7 Å². The van der Waals surface area contributed by atoms with Gasteiger partial charge in [-0.2, -0.15) is 0 Å². The van der Waals surface area contributed by atoms with Crippen LogP contribution in [-0.2, 0) is 4.79 Å². The van der Waals surface area contributed by atoms with Gasteiger partial charge in [-0.3, -0.25) is 4.79 Å². The third-order valence-electron chi connectivity index (χ3n) is 4.22. The highest BCUT2D eigenvalue weighted by molar-refractivity contribution is 5.85. The second-order valence-corrected chi connectivity index (χ2v) is 5.80. The van der Waals surface area contributed by atoms with Crippen LogP contribution in [0.15, 0.2) is 0 Å². The van der Waals surface area contributed by atoms with E-state index < -0.39 is 0 Å². The second kappa shape index (κ2) is 7.34. The molecule has 0 bridgehead atoms. The molecule has 0 aromatic rings. The van der Waals surface area contributed by atoms with Crippen LogP contribution in [-0.4, -0.2) is 36.0 Å². The van der Waals surface area contributed by atoms with Gasteiger partial charge in [-0.25, -0.2) is 0 Å². The molecule has 18 heavy (non-hydrogen) atoms. The zero-order chi connectivity index (χ0) is 12.3. The van der Waals surface area contributed by atoms with Crippen LogP contribution in [0.1, 0.15) is 52.4 Å². The molecule has 0 aromatic heterocycles. The van der Waals surface area contributed by atoms with Gasteiger partial charge in [0.1, 0.15) is 0 Å². The summed E-state index contributed by atoms with van der Waals surface area (Å²) in [6.07, 6.45) is 7.08. The number of hydrogen-bond donors (Lipinski definition) is 1. The molecule has 0 aromatic carbocycles. The Kier molecular flexibility index (Phi) is 6.44. The molecular weight excluding hydrogens is 248 g/mol. The lowest BCUT2D eigenvalue weighted by molar-refractivity contribution is -0.140. The third-order valence-corrected chi connectivity index (χ3v) is 4.22. The van der Waals surface area contributed by atoms with Crippen molar-refractivity contribution in [1.82, 2.24) is 10.2 Å². The van der Waals surface area contributed by atoms with Crippen LogP contribution in [0.25, 0.3) is 0 Å². The van der Waals surface area contributed by atoms with E-state index in [0.717, 1.165) is 25.9 Å². The SMILES string of the molecule is CC(C)N(C(=O)C1CCNCC1)C1CCCC1.Cl. The number of halogens is 1. The number of carbonyl (C=O) groups excluding carboxylic acids is 1. The van der Waals surface area contributed by atoms with Gasteiger partial charge in [-0.1, -0.05) is 12.8 Å². The molecule has 1 heterocycles. The number of rotatable bonds is 3. The minimum atomic E-state index is 0. The second-order valence-electron chi connectivity index (χ2n) is 5.80. The summed E-state index contributed by atoms with van der Waals surface area (Å²) < 4.78 is 0. The summed E-state index contributed by atoms with van der Waals surface area (Å²) >= 11 is 0. The molecule has 1 amide bonds. The minimum absolute atomic E-state index is 0. The van der Waals surface area contributed by atoms with Crippen molar-refractivity contribution in [3.05, 3.63) is 0 Å². The molecule has 1 aliphatic carbocycles. The lowest BCUT2D eigenvalue weighted by Gasteiger charge is -2.36. The van der Waals surface area contributed by atoms with Crippen molar-refractivity contribution in [2.45, 2.75) is 64.5 Å². The van der Waals surface area contributed by atoms with E-state index in [9.17, 15) is 4.79 Å². The van der Waals surface area contributed by atoms with E-state index >= 15 is 0 Å². The van der Waals surface area contributed by atoms with E-state index in [0.29, 0.717) is 18.0 Å². The van der Waals surface area contributed by atoms with E-state index in [-0.39, 0.29) is 18.3 Å². The smallest absolute Gasteiger partial charge is 0.226 e. The zero-order valence-corrected chi connectivity index (χ0v) is 12.5. The molecule has 1 saturated heterocycles. The fourth-order valence-corrected chi connectivity index (χ4v) is 3.32.